The lowest BCUT2D eigenvalue weighted by Gasteiger charge is -2.35. The molecule has 1 saturated heterocycles. The summed E-state index contributed by atoms with van der Waals surface area (Å²) in [6.45, 7) is 1.26. The van der Waals surface area contributed by atoms with Crippen molar-refractivity contribution >= 4 is 21.9 Å². The van der Waals surface area contributed by atoms with E-state index in [1.165, 1.54) is 29.6 Å². The van der Waals surface area contributed by atoms with E-state index < -0.39 is 27.4 Å². The molecular weight excluding hydrogens is 384 g/mol. The molecule has 28 heavy (non-hydrogen) atoms. The third-order valence-corrected chi connectivity index (χ3v) is 7.23. The van der Waals surface area contributed by atoms with Crippen LogP contribution in [0.3, 0.4) is 0 Å². The van der Waals surface area contributed by atoms with Crippen LogP contribution in [0.2, 0.25) is 0 Å². The fourth-order valence-corrected chi connectivity index (χ4v) is 5.21. The summed E-state index contributed by atoms with van der Waals surface area (Å²) >= 11 is 0. The Morgan fingerprint density at radius 3 is 2.46 bits per heavy atom. The summed E-state index contributed by atoms with van der Waals surface area (Å²) < 4.78 is 37.1. The van der Waals surface area contributed by atoms with Crippen LogP contribution < -0.4 is 5.32 Å². The number of methoxy groups -OCH3 is 1. The molecule has 0 unspecified atom stereocenters. The second-order valence-corrected chi connectivity index (χ2v) is 9.07. The molecule has 0 radical (unpaired) electrons. The number of carbonyl (C=O) groups excluding carboxylic acids is 2. The second kappa shape index (κ2) is 8.59. The Morgan fingerprint density at radius 1 is 1.14 bits per heavy atom. The highest BCUT2D eigenvalue weighted by molar-refractivity contribution is 7.89. The fourth-order valence-electron chi connectivity index (χ4n) is 3.75. The maximum Gasteiger partial charge on any atom is 0.331 e. The van der Waals surface area contributed by atoms with E-state index in [4.69, 9.17) is 9.47 Å². The number of amides is 1. The summed E-state index contributed by atoms with van der Waals surface area (Å²) in [4.78, 5) is 25.2. The van der Waals surface area contributed by atoms with Crippen molar-refractivity contribution in [3.05, 3.63) is 29.8 Å². The van der Waals surface area contributed by atoms with E-state index >= 15 is 0 Å². The monoisotopic (exact) mass is 410 g/mol. The van der Waals surface area contributed by atoms with Gasteiger partial charge in [0.25, 0.3) is 5.91 Å². The maximum atomic E-state index is 12.8. The van der Waals surface area contributed by atoms with Crippen LogP contribution in [0.15, 0.2) is 29.2 Å². The molecule has 0 aromatic heterocycles. The Kier molecular flexibility index (Phi) is 6.36. The van der Waals surface area contributed by atoms with Gasteiger partial charge in [-0.25, -0.2) is 13.2 Å². The number of nitrogens with zero attached hydrogens (tertiary/aromatic N) is 1. The van der Waals surface area contributed by atoms with E-state index in [0.717, 1.165) is 19.3 Å². The first-order chi connectivity index (χ1) is 13.4. The van der Waals surface area contributed by atoms with Crippen molar-refractivity contribution in [1.82, 2.24) is 9.62 Å². The number of ether oxygens (including phenoxy) is 2. The van der Waals surface area contributed by atoms with Gasteiger partial charge in [-0.1, -0.05) is 25.3 Å². The lowest BCUT2D eigenvalue weighted by molar-refractivity contribution is -0.149. The molecule has 9 heteroatoms. The number of morpholine rings is 1. The van der Waals surface area contributed by atoms with Crippen molar-refractivity contribution in [3.63, 3.8) is 0 Å². The predicted molar refractivity (Wildman–Crippen MR) is 101 cm³/mol. The first kappa shape index (κ1) is 20.8. The zero-order valence-electron chi connectivity index (χ0n) is 16.0. The minimum Gasteiger partial charge on any atom is -0.467 e. The summed E-state index contributed by atoms with van der Waals surface area (Å²) in [5.74, 6) is -0.941. The highest BCUT2D eigenvalue weighted by atomic mass is 32.2. The molecular formula is C19H26N2O6S. The summed E-state index contributed by atoms with van der Waals surface area (Å²) in [5, 5.41) is 2.82. The Morgan fingerprint density at radius 2 is 1.82 bits per heavy atom. The largest absolute Gasteiger partial charge is 0.467 e. The summed E-state index contributed by atoms with van der Waals surface area (Å²) in [6, 6.07) is 5.90. The van der Waals surface area contributed by atoms with Crippen molar-refractivity contribution in [3.8, 4) is 0 Å². The molecule has 1 aromatic carbocycles. The molecule has 0 bridgehead atoms. The van der Waals surface area contributed by atoms with Gasteiger partial charge in [0.2, 0.25) is 10.0 Å². The van der Waals surface area contributed by atoms with Gasteiger partial charge in [-0.05, 0) is 31.0 Å². The van der Waals surface area contributed by atoms with Crippen molar-refractivity contribution < 1.29 is 27.5 Å². The number of esters is 1. The molecule has 1 aliphatic carbocycles. The van der Waals surface area contributed by atoms with Crippen LogP contribution in [0.25, 0.3) is 0 Å². The van der Waals surface area contributed by atoms with Gasteiger partial charge in [0.1, 0.15) is 5.54 Å². The van der Waals surface area contributed by atoms with Crippen molar-refractivity contribution in [1.29, 1.82) is 0 Å². The predicted octanol–water partition coefficient (Wildman–Crippen LogP) is 1.31. The summed E-state index contributed by atoms with van der Waals surface area (Å²) in [5.41, 5.74) is -0.855. The summed E-state index contributed by atoms with van der Waals surface area (Å²) in [7, 11) is -2.40. The molecule has 1 heterocycles. The molecule has 0 atom stereocenters. The minimum absolute atomic E-state index is 0.0535. The number of rotatable bonds is 5. The van der Waals surface area contributed by atoms with E-state index in [2.05, 4.69) is 5.32 Å². The lowest BCUT2D eigenvalue weighted by atomic mass is 9.81. The molecule has 2 fully saturated rings. The molecule has 0 spiro atoms. The van der Waals surface area contributed by atoms with Gasteiger partial charge in [-0.2, -0.15) is 4.31 Å². The van der Waals surface area contributed by atoms with E-state index in [1.54, 1.807) is 6.07 Å². The van der Waals surface area contributed by atoms with Crippen LogP contribution in [0, 0.1) is 0 Å². The number of nitrogens with one attached hydrogen (secondary N) is 1. The lowest BCUT2D eigenvalue weighted by Crippen LogP contribution is -2.56. The number of benzene rings is 1. The molecule has 1 saturated carbocycles. The van der Waals surface area contributed by atoms with Crippen LogP contribution in [-0.2, 0) is 24.3 Å². The van der Waals surface area contributed by atoms with Gasteiger partial charge >= 0.3 is 5.97 Å². The van der Waals surface area contributed by atoms with Crippen LogP contribution in [0.5, 0.6) is 0 Å². The van der Waals surface area contributed by atoms with E-state index in [9.17, 15) is 18.0 Å². The normalized spacial score (nSPS) is 20.3. The zero-order chi connectivity index (χ0) is 20.2. The van der Waals surface area contributed by atoms with Crippen LogP contribution in [0.4, 0.5) is 0 Å². The Bertz CT molecular complexity index is 827. The molecule has 1 aliphatic heterocycles. The molecule has 1 aromatic rings. The topological polar surface area (TPSA) is 102 Å². The quantitative estimate of drug-likeness (QED) is 0.735. The fraction of sp³-hybridized carbons (Fsp3) is 0.579. The van der Waals surface area contributed by atoms with E-state index in [0.29, 0.717) is 26.1 Å². The average molecular weight is 410 g/mol. The zero-order valence-corrected chi connectivity index (χ0v) is 16.8. The number of hydrogen-bond donors (Lipinski definition) is 1. The number of sulfonamides is 1. The molecule has 154 valence electrons. The van der Waals surface area contributed by atoms with E-state index in [-0.39, 0.29) is 23.5 Å². The molecule has 1 amide bonds. The number of carbonyl (C=O) groups is 2. The minimum atomic E-state index is -3.71. The van der Waals surface area contributed by atoms with Gasteiger partial charge in [0.15, 0.2) is 0 Å². The van der Waals surface area contributed by atoms with E-state index in [1.807, 2.05) is 0 Å². The molecule has 8 nitrogen and oxygen atoms in total. The molecule has 2 aliphatic rings. The van der Waals surface area contributed by atoms with Crippen LogP contribution in [0.1, 0.15) is 42.5 Å². The van der Waals surface area contributed by atoms with Gasteiger partial charge in [-0.3, -0.25) is 4.79 Å². The van der Waals surface area contributed by atoms with Crippen LogP contribution >= 0.6 is 0 Å². The van der Waals surface area contributed by atoms with Gasteiger partial charge < -0.3 is 14.8 Å². The average Bonchev–Trinajstić information content (AvgIpc) is 2.74. The van der Waals surface area contributed by atoms with Gasteiger partial charge in [0, 0.05) is 18.7 Å². The molecule has 3 rings (SSSR count). The van der Waals surface area contributed by atoms with Gasteiger partial charge in [-0.15, -0.1) is 0 Å². The van der Waals surface area contributed by atoms with Crippen molar-refractivity contribution in [2.45, 2.75) is 42.5 Å². The third-order valence-electron chi connectivity index (χ3n) is 5.34. The second-order valence-electron chi connectivity index (χ2n) is 7.13. The first-order valence-electron chi connectivity index (χ1n) is 9.48. The third kappa shape index (κ3) is 4.21. The highest BCUT2D eigenvalue weighted by Gasteiger charge is 2.42. The Labute approximate surface area is 165 Å². The van der Waals surface area contributed by atoms with Crippen molar-refractivity contribution in [2.75, 3.05) is 33.4 Å². The summed E-state index contributed by atoms with van der Waals surface area (Å²) in [6.07, 6.45) is 3.66. The first-order valence-corrected chi connectivity index (χ1v) is 10.9. The smallest absolute Gasteiger partial charge is 0.331 e. The Hall–Kier alpha value is -1.97. The number of hydrogen-bond acceptors (Lipinski definition) is 6. The SMILES string of the molecule is COC(=O)C1(NC(=O)c2cccc(S(=O)(=O)N3CCOCC3)c2)CCCCC1. The maximum absolute atomic E-state index is 12.8. The molecule has 1 N–H and O–H groups in total. The van der Waals surface area contributed by atoms with Gasteiger partial charge in [0.05, 0.1) is 25.2 Å². The van der Waals surface area contributed by atoms with Crippen molar-refractivity contribution in [2.24, 2.45) is 0 Å². The van der Waals surface area contributed by atoms with Crippen LogP contribution in [-0.4, -0.2) is 63.6 Å². The Balaban J connectivity index is 1.82. The standard InChI is InChI=1S/C19H26N2O6S/c1-26-18(23)19(8-3-2-4-9-19)20-17(22)15-6-5-7-16(14-15)28(24,25)21-10-12-27-13-11-21/h5-7,14H,2-4,8-13H2,1H3,(H,20,22). The highest BCUT2D eigenvalue weighted by Crippen LogP contribution is 2.30.